The Hall–Kier alpha value is -0.970. The van der Waals surface area contributed by atoms with E-state index >= 15 is 0 Å². The second kappa shape index (κ2) is 4.91. The number of nitrogens with two attached hydrogens (primary N) is 1. The number of phenols is 2. The first kappa shape index (κ1) is 13.1. The summed E-state index contributed by atoms with van der Waals surface area (Å²) in [7, 11) is 0. The molecule has 2 rings (SSSR count). The molecular formula is C11H16ClNO3. The maximum absolute atomic E-state index is 9.81. The zero-order chi connectivity index (χ0) is 11.0. The Balaban J connectivity index is 0.00000128. The average molecular weight is 246 g/mol. The van der Waals surface area contributed by atoms with Gasteiger partial charge >= 0.3 is 0 Å². The highest BCUT2D eigenvalue weighted by Gasteiger charge is 2.35. The largest absolute Gasteiger partial charge is 0.508 e. The number of phenolic OH excluding ortho intramolecular Hbond substituents is 2. The maximum atomic E-state index is 9.81. The van der Waals surface area contributed by atoms with E-state index in [0.29, 0.717) is 5.56 Å². The van der Waals surface area contributed by atoms with E-state index < -0.39 is 12.1 Å². The molecule has 1 aliphatic rings. The lowest BCUT2D eigenvalue weighted by molar-refractivity contribution is 0.121. The van der Waals surface area contributed by atoms with Crippen LogP contribution in [0, 0.1) is 5.92 Å². The first-order valence-electron chi connectivity index (χ1n) is 5.05. The van der Waals surface area contributed by atoms with Gasteiger partial charge < -0.3 is 21.1 Å². The summed E-state index contributed by atoms with van der Waals surface area (Å²) in [6, 6.07) is 3.64. The smallest absolute Gasteiger partial charge is 0.124 e. The third-order valence-corrected chi connectivity index (χ3v) is 2.85. The van der Waals surface area contributed by atoms with Crippen LogP contribution in [-0.4, -0.2) is 21.4 Å². The van der Waals surface area contributed by atoms with E-state index in [9.17, 15) is 10.2 Å². The van der Waals surface area contributed by atoms with Gasteiger partial charge in [-0.3, -0.25) is 0 Å². The van der Waals surface area contributed by atoms with Crippen molar-refractivity contribution >= 4 is 12.4 Å². The van der Waals surface area contributed by atoms with Crippen molar-refractivity contribution in [3.8, 4) is 11.5 Å². The van der Waals surface area contributed by atoms with Crippen molar-refractivity contribution in [3.63, 3.8) is 0 Å². The predicted octanol–water partition coefficient (Wildman–Crippen LogP) is 1.29. The molecule has 0 spiro atoms. The van der Waals surface area contributed by atoms with Crippen LogP contribution in [0.5, 0.6) is 11.5 Å². The molecule has 1 aromatic rings. The van der Waals surface area contributed by atoms with Gasteiger partial charge in [0.15, 0.2) is 0 Å². The molecule has 0 radical (unpaired) electrons. The van der Waals surface area contributed by atoms with Crippen LogP contribution in [0.1, 0.15) is 24.4 Å². The van der Waals surface area contributed by atoms with Gasteiger partial charge in [-0.1, -0.05) is 0 Å². The molecule has 16 heavy (non-hydrogen) atoms. The topological polar surface area (TPSA) is 86.7 Å². The minimum Gasteiger partial charge on any atom is -0.508 e. The molecule has 1 saturated carbocycles. The van der Waals surface area contributed by atoms with Gasteiger partial charge in [-0.25, -0.2) is 0 Å². The van der Waals surface area contributed by atoms with Crippen LogP contribution in [0.15, 0.2) is 18.2 Å². The molecule has 1 aromatic carbocycles. The third-order valence-electron chi connectivity index (χ3n) is 2.85. The lowest BCUT2D eigenvalue weighted by Crippen LogP contribution is -2.27. The van der Waals surface area contributed by atoms with Crippen molar-refractivity contribution < 1.29 is 15.3 Å². The molecule has 90 valence electrons. The van der Waals surface area contributed by atoms with Crippen LogP contribution in [0.4, 0.5) is 0 Å². The van der Waals surface area contributed by atoms with E-state index in [1.807, 2.05) is 0 Å². The van der Waals surface area contributed by atoms with Crippen LogP contribution >= 0.6 is 12.4 Å². The minimum absolute atomic E-state index is 0. The second-order valence-electron chi connectivity index (χ2n) is 4.10. The quantitative estimate of drug-likeness (QED) is 0.646. The van der Waals surface area contributed by atoms with Gasteiger partial charge in [0.05, 0.1) is 12.1 Å². The van der Waals surface area contributed by atoms with Gasteiger partial charge in [-0.15, -0.1) is 12.4 Å². The Kier molecular flexibility index (Phi) is 4.02. The number of halogens is 1. The molecule has 5 N–H and O–H groups in total. The highest BCUT2D eigenvalue weighted by molar-refractivity contribution is 5.85. The fourth-order valence-corrected chi connectivity index (χ4v) is 1.73. The lowest BCUT2D eigenvalue weighted by atomic mass is 9.98. The Bertz CT molecular complexity index is 368. The number of aliphatic hydroxyl groups excluding tert-OH is 1. The van der Waals surface area contributed by atoms with Crippen molar-refractivity contribution in [2.75, 3.05) is 0 Å². The summed E-state index contributed by atoms with van der Waals surface area (Å²) in [4.78, 5) is 0. The van der Waals surface area contributed by atoms with Crippen molar-refractivity contribution in [2.24, 2.45) is 11.7 Å². The number of rotatable bonds is 3. The third kappa shape index (κ3) is 2.58. The number of aromatic hydroxyl groups is 2. The van der Waals surface area contributed by atoms with Crippen molar-refractivity contribution in [1.29, 1.82) is 0 Å². The van der Waals surface area contributed by atoms with Crippen molar-refractivity contribution in [3.05, 3.63) is 23.8 Å². The SMILES string of the molecule is Cl.N[C@@H](c1ccc(O)cc1O)[C@H](O)C1CC1. The van der Waals surface area contributed by atoms with E-state index in [0.717, 1.165) is 12.8 Å². The van der Waals surface area contributed by atoms with Gasteiger partial charge in [0.1, 0.15) is 11.5 Å². The monoisotopic (exact) mass is 245 g/mol. The van der Waals surface area contributed by atoms with E-state index in [2.05, 4.69) is 0 Å². The Labute approximate surface area is 100 Å². The normalized spacial score (nSPS) is 18.6. The summed E-state index contributed by atoms with van der Waals surface area (Å²) in [5.74, 6) is 0.180. The molecule has 1 aliphatic carbocycles. The number of hydrogen-bond acceptors (Lipinski definition) is 4. The Morgan fingerprint density at radius 3 is 2.38 bits per heavy atom. The minimum atomic E-state index is -0.611. The van der Waals surface area contributed by atoms with E-state index in [-0.39, 0.29) is 29.8 Å². The summed E-state index contributed by atoms with van der Waals surface area (Å²) in [5.41, 5.74) is 6.32. The Morgan fingerprint density at radius 2 is 1.88 bits per heavy atom. The van der Waals surface area contributed by atoms with E-state index in [1.54, 1.807) is 6.07 Å². The van der Waals surface area contributed by atoms with Crippen molar-refractivity contribution in [2.45, 2.75) is 25.0 Å². The molecule has 0 unspecified atom stereocenters. The highest BCUT2D eigenvalue weighted by Crippen LogP contribution is 2.39. The van der Waals surface area contributed by atoms with Crippen LogP contribution in [-0.2, 0) is 0 Å². The summed E-state index contributed by atoms with van der Waals surface area (Å²) >= 11 is 0. The van der Waals surface area contributed by atoms with Crippen molar-refractivity contribution in [1.82, 2.24) is 0 Å². The molecule has 0 aromatic heterocycles. The zero-order valence-corrected chi connectivity index (χ0v) is 9.52. The number of hydrogen-bond donors (Lipinski definition) is 4. The molecular weight excluding hydrogens is 230 g/mol. The van der Waals surface area contributed by atoms with Gasteiger partial charge in [-0.2, -0.15) is 0 Å². The molecule has 0 heterocycles. The zero-order valence-electron chi connectivity index (χ0n) is 8.71. The molecule has 0 amide bonds. The fraction of sp³-hybridized carbons (Fsp3) is 0.455. The highest BCUT2D eigenvalue weighted by atomic mass is 35.5. The van der Waals surface area contributed by atoms with Crippen LogP contribution in [0.3, 0.4) is 0 Å². The van der Waals surface area contributed by atoms with Gasteiger partial charge in [-0.05, 0) is 30.9 Å². The van der Waals surface area contributed by atoms with E-state index in [4.69, 9.17) is 10.8 Å². The molecule has 4 nitrogen and oxygen atoms in total. The summed E-state index contributed by atoms with van der Waals surface area (Å²) in [6.45, 7) is 0. The maximum Gasteiger partial charge on any atom is 0.124 e. The van der Waals surface area contributed by atoms with Crippen LogP contribution in [0.2, 0.25) is 0 Å². The molecule has 2 atom stereocenters. The first-order chi connectivity index (χ1) is 7.09. The average Bonchev–Trinajstić information content (AvgIpc) is 2.99. The number of benzene rings is 1. The Morgan fingerprint density at radius 1 is 1.25 bits per heavy atom. The van der Waals surface area contributed by atoms with Gasteiger partial charge in [0.25, 0.3) is 0 Å². The molecule has 5 heteroatoms. The van der Waals surface area contributed by atoms with E-state index in [1.165, 1.54) is 12.1 Å². The summed E-state index contributed by atoms with van der Waals surface area (Å²) in [5, 5.41) is 28.5. The fourth-order valence-electron chi connectivity index (χ4n) is 1.73. The number of aliphatic hydroxyl groups is 1. The molecule has 0 bridgehead atoms. The second-order valence-corrected chi connectivity index (χ2v) is 4.10. The molecule has 0 aliphatic heterocycles. The summed E-state index contributed by atoms with van der Waals surface area (Å²) < 4.78 is 0. The standard InChI is InChI=1S/C11H15NO3.ClH/c12-10(11(15)6-1-2-6)8-4-3-7(13)5-9(8)14;/h3-6,10-11,13-15H,1-2,12H2;1H/t10-,11+;/m0./s1. The predicted molar refractivity (Wildman–Crippen MR) is 62.7 cm³/mol. The van der Waals surface area contributed by atoms with Gasteiger partial charge in [0, 0.05) is 11.6 Å². The first-order valence-corrected chi connectivity index (χ1v) is 5.05. The lowest BCUT2D eigenvalue weighted by Gasteiger charge is -2.19. The summed E-state index contributed by atoms with van der Waals surface area (Å²) in [6.07, 6.45) is 1.38. The van der Waals surface area contributed by atoms with Gasteiger partial charge in [0.2, 0.25) is 0 Å². The van der Waals surface area contributed by atoms with Crippen LogP contribution in [0.25, 0.3) is 0 Å². The molecule has 1 fully saturated rings. The molecule has 0 saturated heterocycles. The van der Waals surface area contributed by atoms with Crippen LogP contribution < -0.4 is 5.73 Å².